The van der Waals surface area contributed by atoms with E-state index < -0.39 is 0 Å². The summed E-state index contributed by atoms with van der Waals surface area (Å²) in [5, 5.41) is 6.23. The fourth-order valence-corrected chi connectivity index (χ4v) is 5.94. The molecule has 7 nitrogen and oxygen atoms in total. The van der Waals surface area contributed by atoms with Crippen LogP contribution in [0.3, 0.4) is 0 Å². The van der Waals surface area contributed by atoms with E-state index in [1.54, 1.807) is 6.07 Å². The zero-order chi connectivity index (χ0) is 30.6. The van der Waals surface area contributed by atoms with Crippen LogP contribution in [0.25, 0.3) is 0 Å². The van der Waals surface area contributed by atoms with Crippen LogP contribution >= 0.6 is 0 Å². The van der Waals surface area contributed by atoms with Crippen LogP contribution in [0.4, 0.5) is 15.8 Å². The standard InChI is InChI=1S/C35H44FN5O2/c1-35(2,3)27-12-10-24(11-13-27)33(42)39-32-22-25(34(43)38-31-7-5-4-6-30(31)37)8-9-26(32)23-40-18-20-41(21-19-40)29-16-14-28(36)15-17-29/h8-17,22,30-31H,4-7,18-21,23,37H2,1-3H3,(H,38,43)(H,39,42). The first-order valence-electron chi connectivity index (χ1n) is 15.4. The van der Waals surface area contributed by atoms with Gasteiger partial charge < -0.3 is 21.3 Å². The predicted octanol–water partition coefficient (Wildman–Crippen LogP) is 5.70. The van der Waals surface area contributed by atoms with Crippen LogP contribution in [0.1, 0.15) is 78.3 Å². The molecule has 1 saturated carbocycles. The first-order chi connectivity index (χ1) is 20.6. The number of rotatable bonds is 7. The van der Waals surface area contributed by atoms with E-state index in [2.05, 4.69) is 41.2 Å². The molecule has 0 aromatic heterocycles. The molecule has 43 heavy (non-hydrogen) atoms. The number of anilines is 2. The average molecular weight is 586 g/mol. The average Bonchev–Trinajstić information content (AvgIpc) is 2.99. The third-order valence-corrected chi connectivity index (χ3v) is 8.73. The summed E-state index contributed by atoms with van der Waals surface area (Å²) < 4.78 is 13.4. The lowest BCUT2D eigenvalue weighted by Crippen LogP contribution is -2.49. The van der Waals surface area contributed by atoms with Crippen molar-refractivity contribution in [2.24, 2.45) is 5.73 Å². The summed E-state index contributed by atoms with van der Waals surface area (Å²) in [5.41, 5.74) is 11.1. The van der Waals surface area contributed by atoms with Crippen LogP contribution in [0.5, 0.6) is 0 Å². The second-order valence-electron chi connectivity index (χ2n) is 12.9. The van der Waals surface area contributed by atoms with E-state index in [4.69, 9.17) is 5.73 Å². The van der Waals surface area contributed by atoms with Crippen molar-refractivity contribution in [2.45, 2.75) is 70.5 Å². The fourth-order valence-electron chi connectivity index (χ4n) is 5.94. The van der Waals surface area contributed by atoms with Gasteiger partial charge in [0.1, 0.15) is 5.82 Å². The number of carbonyl (C=O) groups is 2. The van der Waals surface area contributed by atoms with Gasteiger partial charge in [-0.1, -0.05) is 51.8 Å². The monoisotopic (exact) mass is 585 g/mol. The lowest BCUT2D eigenvalue weighted by Gasteiger charge is -2.36. The molecule has 2 atom stereocenters. The molecule has 2 unspecified atom stereocenters. The minimum absolute atomic E-state index is 0.00847. The zero-order valence-electron chi connectivity index (χ0n) is 25.5. The van der Waals surface area contributed by atoms with Crippen LogP contribution in [-0.2, 0) is 12.0 Å². The van der Waals surface area contributed by atoms with Gasteiger partial charge in [0.2, 0.25) is 0 Å². The maximum Gasteiger partial charge on any atom is 0.255 e. The van der Waals surface area contributed by atoms with Crippen molar-refractivity contribution < 1.29 is 14.0 Å². The largest absolute Gasteiger partial charge is 0.369 e. The molecule has 5 rings (SSSR count). The topological polar surface area (TPSA) is 90.7 Å². The summed E-state index contributed by atoms with van der Waals surface area (Å²) in [7, 11) is 0. The quantitative estimate of drug-likeness (QED) is 0.331. The zero-order valence-corrected chi connectivity index (χ0v) is 25.5. The number of nitrogens with one attached hydrogen (secondary N) is 2. The van der Waals surface area contributed by atoms with Crippen molar-refractivity contribution in [2.75, 3.05) is 36.4 Å². The number of halogens is 1. The van der Waals surface area contributed by atoms with Crippen molar-refractivity contribution in [3.63, 3.8) is 0 Å². The van der Waals surface area contributed by atoms with Crippen LogP contribution in [-0.4, -0.2) is 55.0 Å². The molecule has 0 spiro atoms. The second-order valence-corrected chi connectivity index (χ2v) is 12.9. The number of carbonyl (C=O) groups excluding carboxylic acids is 2. The van der Waals surface area contributed by atoms with Gasteiger partial charge in [0, 0.05) is 67.3 Å². The van der Waals surface area contributed by atoms with Crippen molar-refractivity contribution in [3.8, 4) is 0 Å². The summed E-state index contributed by atoms with van der Waals surface area (Å²) in [6, 6.07) is 19.8. The number of nitrogens with zero attached hydrogens (tertiary/aromatic N) is 2. The molecule has 4 N–H and O–H groups in total. The number of hydrogen-bond donors (Lipinski definition) is 3. The smallest absolute Gasteiger partial charge is 0.255 e. The summed E-state index contributed by atoms with van der Waals surface area (Å²) >= 11 is 0. The minimum Gasteiger partial charge on any atom is -0.369 e. The lowest BCUT2D eigenvalue weighted by molar-refractivity contribution is 0.0920. The molecule has 0 bridgehead atoms. The Kier molecular flexibility index (Phi) is 9.47. The Hall–Kier alpha value is -3.75. The highest BCUT2D eigenvalue weighted by Gasteiger charge is 2.25. The number of benzene rings is 3. The van der Waals surface area contributed by atoms with Gasteiger partial charge in [-0.05, 0) is 77.9 Å². The van der Waals surface area contributed by atoms with E-state index in [0.717, 1.165) is 68.7 Å². The summed E-state index contributed by atoms with van der Waals surface area (Å²) in [4.78, 5) is 31.3. The van der Waals surface area contributed by atoms with E-state index >= 15 is 0 Å². The van der Waals surface area contributed by atoms with Gasteiger partial charge in [-0.2, -0.15) is 0 Å². The molecule has 3 aromatic rings. The van der Waals surface area contributed by atoms with Gasteiger partial charge >= 0.3 is 0 Å². The van der Waals surface area contributed by atoms with E-state index in [1.165, 1.54) is 12.1 Å². The SMILES string of the molecule is CC(C)(C)c1ccc(C(=O)Nc2cc(C(=O)NC3CCCCC3N)ccc2CN2CCN(c3ccc(F)cc3)CC2)cc1. The molecule has 228 valence electrons. The van der Waals surface area contributed by atoms with Crippen molar-refractivity contribution in [1.82, 2.24) is 10.2 Å². The minimum atomic E-state index is -0.235. The van der Waals surface area contributed by atoms with Gasteiger partial charge in [-0.25, -0.2) is 4.39 Å². The molecule has 1 aliphatic heterocycles. The summed E-state index contributed by atoms with van der Waals surface area (Å²) in [6.07, 6.45) is 3.94. The Morgan fingerprint density at radius 2 is 1.51 bits per heavy atom. The van der Waals surface area contributed by atoms with Crippen LogP contribution < -0.4 is 21.3 Å². The summed E-state index contributed by atoms with van der Waals surface area (Å²) in [5.74, 6) is -0.623. The first-order valence-corrected chi connectivity index (χ1v) is 15.4. The molecular formula is C35H44FN5O2. The second kappa shape index (κ2) is 13.3. The molecule has 2 fully saturated rings. The first kappa shape index (κ1) is 30.7. The Morgan fingerprint density at radius 1 is 0.860 bits per heavy atom. The van der Waals surface area contributed by atoms with Gasteiger partial charge in [-0.15, -0.1) is 0 Å². The highest BCUT2D eigenvalue weighted by atomic mass is 19.1. The highest BCUT2D eigenvalue weighted by molar-refractivity contribution is 6.05. The third kappa shape index (κ3) is 7.80. The van der Waals surface area contributed by atoms with E-state index in [1.807, 2.05) is 48.5 Å². The molecule has 0 radical (unpaired) electrons. The molecule has 1 aliphatic carbocycles. The molecule has 3 aromatic carbocycles. The Labute approximate surface area is 254 Å². The molecule has 8 heteroatoms. The van der Waals surface area contributed by atoms with E-state index in [-0.39, 0.29) is 35.1 Å². The van der Waals surface area contributed by atoms with Gasteiger partial charge in [-0.3, -0.25) is 14.5 Å². The van der Waals surface area contributed by atoms with E-state index in [9.17, 15) is 14.0 Å². The highest BCUT2D eigenvalue weighted by Crippen LogP contribution is 2.26. The Bertz CT molecular complexity index is 1410. The fraction of sp³-hybridized carbons (Fsp3) is 0.429. The van der Waals surface area contributed by atoms with E-state index in [0.29, 0.717) is 23.4 Å². The van der Waals surface area contributed by atoms with Crippen molar-refractivity contribution >= 4 is 23.2 Å². The number of piperazine rings is 1. The molecule has 2 aliphatic rings. The van der Waals surface area contributed by atoms with Gasteiger partial charge in [0.15, 0.2) is 0 Å². The van der Waals surface area contributed by atoms with Gasteiger partial charge in [0.25, 0.3) is 11.8 Å². The van der Waals surface area contributed by atoms with Gasteiger partial charge in [0.05, 0.1) is 0 Å². The Balaban J connectivity index is 1.32. The molecule has 1 saturated heterocycles. The number of nitrogens with two attached hydrogens (primary N) is 1. The summed E-state index contributed by atoms with van der Waals surface area (Å²) in [6.45, 7) is 10.3. The molecule has 2 amide bonds. The molecule has 1 heterocycles. The maximum atomic E-state index is 13.4. The molecular weight excluding hydrogens is 541 g/mol. The van der Waals surface area contributed by atoms with Crippen LogP contribution in [0.15, 0.2) is 66.7 Å². The maximum absolute atomic E-state index is 13.4. The lowest BCUT2D eigenvalue weighted by atomic mass is 9.86. The van der Waals surface area contributed by atoms with Crippen molar-refractivity contribution in [1.29, 1.82) is 0 Å². The van der Waals surface area contributed by atoms with Crippen LogP contribution in [0.2, 0.25) is 0 Å². The Morgan fingerprint density at radius 3 is 2.16 bits per heavy atom. The number of hydrogen-bond acceptors (Lipinski definition) is 5. The van der Waals surface area contributed by atoms with Crippen LogP contribution in [0, 0.1) is 5.82 Å². The third-order valence-electron chi connectivity index (χ3n) is 8.73. The van der Waals surface area contributed by atoms with Crippen molar-refractivity contribution in [3.05, 3.63) is 94.8 Å². The normalized spacial score (nSPS) is 19.6. The predicted molar refractivity (Wildman–Crippen MR) is 171 cm³/mol. The number of amides is 2.